The molecule has 0 bridgehead atoms. The summed E-state index contributed by atoms with van der Waals surface area (Å²) in [5, 5.41) is 8.26. The summed E-state index contributed by atoms with van der Waals surface area (Å²) in [4.78, 5) is 28.5. The van der Waals surface area contributed by atoms with E-state index in [4.69, 9.17) is 26.2 Å². The molecule has 0 radical (unpaired) electrons. The van der Waals surface area contributed by atoms with E-state index in [1.54, 1.807) is 29.9 Å². The largest absolute Gasteiger partial charge is 0.493 e. The molecular formula is C30H37ClN4O4S. The fourth-order valence-electron chi connectivity index (χ4n) is 4.66. The Morgan fingerprint density at radius 3 is 2.48 bits per heavy atom. The summed E-state index contributed by atoms with van der Waals surface area (Å²) in [6, 6.07) is 13.2. The number of fused-ring (bicyclic) bond motifs is 1. The second-order valence-electron chi connectivity index (χ2n) is 11.2. The topological polar surface area (TPSA) is 85.7 Å². The maximum Gasteiger partial charge on any atom is 0.240 e. The minimum absolute atomic E-state index is 0.127. The number of nitrogens with one attached hydrogen (secondary N) is 1. The molecule has 1 aliphatic rings. The Morgan fingerprint density at radius 2 is 1.85 bits per heavy atom. The molecule has 10 heteroatoms. The van der Waals surface area contributed by atoms with Gasteiger partial charge in [0, 0.05) is 17.5 Å². The zero-order valence-corrected chi connectivity index (χ0v) is 25.7. The molecule has 1 unspecified atom stereocenters. The third-order valence-electron chi connectivity index (χ3n) is 6.60. The molecule has 0 saturated heterocycles. The van der Waals surface area contributed by atoms with Gasteiger partial charge in [0.2, 0.25) is 11.8 Å². The lowest BCUT2D eigenvalue weighted by Crippen LogP contribution is -2.43. The van der Waals surface area contributed by atoms with Crippen LogP contribution in [-0.2, 0) is 15.0 Å². The first-order valence-electron chi connectivity index (χ1n) is 13.2. The van der Waals surface area contributed by atoms with Crippen molar-refractivity contribution in [3.05, 3.63) is 64.3 Å². The number of methoxy groups -OCH3 is 2. The Labute approximate surface area is 245 Å². The number of halogens is 1. The summed E-state index contributed by atoms with van der Waals surface area (Å²) in [5.74, 6) is 1.82. The number of amides is 2. The van der Waals surface area contributed by atoms with E-state index < -0.39 is 0 Å². The molecule has 0 aliphatic carbocycles. The van der Waals surface area contributed by atoms with E-state index in [1.165, 1.54) is 11.8 Å². The van der Waals surface area contributed by atoms with Crippen molar-refractivity contribution in [2.75, 3.05) is 38.0 Å². The van der Waals surface area contributed by atoms with E-state index in [1.807, 2.05) is 50.2 Å². The summed E-state index contributed by atoms with van der Waals surface area (Å²) < 4.78 is 12.8. The predicted octanol–water partition coefficient (Wildman–Crippen LogP) is 5.78. The molecule has 0 saturated carbocycles. The van der Waals surface area contributed by atoms with Crippen LogP contribution in [-0.4, -0.2) is 54.7 Å². The molecule has 214 valence electrons. The highest BCUT2D eigenvalue weighted by Crippen LogP contribution is 2.49. The molecule has 1 aliphatic heterocycles. The molecule has 2 heterocycles. The van der Waals surface area contributed by atoms with Crippen LogP contribution in [0.5, 0.6) is 11.5 Å². The fourth-order valence-corrected chi connectivity index (χ4v) is 6.06. The van der Waals surface area contributed by atoms with Crippen molar-refractivity contribution in [1.29, 1.82) is 0 Å². The van der Waals surface area contributed by atoms with Crippen molar-refractivity contribution in [3.63, 3.8) is 0 Å². The highest BCUT2D eigenvalue weighted by Gasteiger charge is 2.40. The van der Waals surface area contributed by atoms with Gasteiger partial charge in [0.15, 0.2) is 11.5 Å². The zero-order chi connectivity index (χ0) is 29.2. The van der Waals surface area contributed by atoms with Gasteiger partial charge in [-0.15, -0.1) is 11.8 Å². The van der Waals surface area contributed by atoms with Crippen molar-refractivity contribution < 1.29 is 19.1 Å². The lowest BCUT2D eigenvalue weighted by atomic mass is 9.87. The van der Waals surface area contributed by atoms with Crippen LogP contribution in [0.1, 0.15) is 56.7 Å². The SMILES string of the molecule is COc1ccc(C2SCC(=O)N(CC(=O)NCC(C)C)c3c2c(C(C)(C)C)nn3-c2ccccc2Cl)cc1OC. The first-order chi connectivity index (χ1) is 19.0. The van der Waals surface area contributed by atoms with E-state index in [-0.39, 0.29) is 40.7 Å². The molecule has 0 spiro atoms. The molecule has 8 nitrogen and oxygen atoms in total. The number of para-hydroxylation sites is 1. The second kappa shape index (κ2) is 12.1. The van der Waals surface area contributed by atoms with Gasteiger partial charge in [-0.1, -0.05) is 64.4 Å². The maximum absolute atomic E-state index is 13.8. The van der Waals surface area contributed by atoms with Gasteiger partial charge in [-0.05, 0) is 35.7 Å². The molecule has 0 fully saturated rings. The standard InChI is InChI=1S/C30H37ClN4O4S/c1-18(2)15-32-24(36)16-34-25(37)17-40-27(19-12-13-22(38-6)23(14-19)39-7)26-28(30(3,4)5)33-35(29(26)34)21-11-9-8-10-20(21)31/h8-14,18,27H,15-17H2,1-7H3,(H,32,36). The molecule has 1 N–H and O–H groups in total. The number of aromatic nitrogens is 2. The van der Waals surface area contributed by atoms with Gasteiger partial charge < -0.3 is 14.8 Å². The highest BCUT2D eigenvalue weighted by molar-refractivity contribution is 8.00. The van der Waals surface area contributed by atoms with Gasteiger partial charge in [0.1, 0.15) is 12.4 Å². The molecular weight excluding hydrogens is 548 g/mol. The van der Waals surface area contributed by atoms with Crippen LogP contribution in [0.2, 0.25) is 5.02 Å². The fraction of sp³-hybridized carbons (Fsp3) is 0.433. The number of carbonyl (C=O) groups excluding carboxylic acids is 2. The second-order valence-corrected chi connectivity index (χ2v) is 12.7. The molecule has 3 aromatic rings. The van der Waals surface area contributed by atoms with Crippen LogP contribution in [0.25, 0.3) is 5.69 Å². The van der Waals surface area contributed by atoms with Crippen molar-refractivity contribution in [1.82, 2.24) is 15.1 Å². The Kier molecular flexibility index (Phi) is 9.05. The van der Waals surface area contributed by atoms with Gasteiger partial charge >= 0.3 is 0 Å². The van der Waals surface area contributed by atoms with Crippen LogP contribution < -0.4 is 19.7 Å². The number of hydrogen-bond donors (Lipinski definition) is 1. The summed E-state index contributed by atoms with van der Waals surface area (Å²) in [7, 11) is 3.20. The summed E-state index contributed by atoms with van der Waals surface area (Å²) in [5.41, 5.74) is 2.87. The van der Waals surface area contributed by atoms with E-state index >= 15 is 0 Å². The van der Waals surface area contributed by atoms with Gasteiger partial charge in [0.25, 0.3) is 0 Å². The number of rotatable bonds is 8. The van der Waals surface area contributed by atoms with Crippen molar-refractivity contribution >= 4 is 41.0 Å². The Bertz CT molecular complexity index is 1400. The average Bonchev–Trinajstić information content (AvgIpc) is 3.24. The van der Waals surface area contributed by atoms with E-state index in [2.05, 4.69) is 26.1 Å². The number of carbonyl (C=O) groups is 2. The van der Waals surface area contributed by atoms with Crippen LogP contribution in [0.4, 0.5) is 5.82 Å². The van der Waals surface area contributed by atoms with E-state index in [0.29, 0.717) is 34.6 Å². The predicted molar refractivity (Wildman–Crippen MR) is 161 cm³/mol. The number of anilines is 1. The summed E-state index contributed by atoms with van der Waals surface area (Å²) in [6.07, 6.45) is 0. The molecule has 2 aromatic carbocycles. The quantitative estimate of drug-likeness (QED) is 0.361. The average molecular weight is 585 g/mol. The monoisotopic (exact) mass is 584 g/mol. The molecule has 1 atom stereocenters. The van der Waals surface area contributed by atoms with Gasteiger partial charge in [-0.25, -0.2) is 4.68 Å². The lowest BCUT2D eigenvalue weighted by molar-refractivity contribution is -0.123. The summed E-state index contributed by atoms with van der Waals surface area (Å²) in [6.45, 7) is 10.7. The van der Waals surface area contributed by atoms with E-state index in [0.717, 1.165) is 16.8 Å². The van der Waals surface area contributed by atoms with Crippen molar-refractivity contribution in [2.45, 2.75) is 45.3 Å². The normalized spacial score (nSPS) is 15.6. The number of nitrogens with zero attached hydrogens (tertiary/aromatic N) is 3. The molecule has 40 heavy (non-hydrogen) atoms. The smallest absolute Gasteiger partial charge is 0.240 e. The number of hydrogen-bond acceptors (Lipinski definition) is 6. The Balaban J connectivity index is 2.00. The lowest BCUT2D eigenvalue weighted by Gasteiger charge is -2.25. The van der Waals surface area contributed by atoms with Crippen LogP contribution >= 0.6 is 23.4 Å². The Hall–Kier alpha value is -3.17. The number of benzene rings is 2. The first kappa shape index (κ1) is 29.8. The van der Waals surface area contributed by atoms with Crippen molar-refractivity contribution in [2.24, 2.45) is 5.92 Å². The van der Waals surface area contributed by atoms with E-state index in [9.17, 15) is 9.59 Å². The summed E-state index contributed by atoms with van der Waals surface area (Å²) >= 11 is 8.19. The molecule has 4 rings (SSSR count). The van der Waals surface area contributed by atoms with Crippen LogP contribution in [0.3, 0.4) is 0 Å². The molecule has 2 amide bonds. The zero-order valence-electron chi connectivity index (χ0n) is 24.1. The highest BCUT2D eigenvalue weighted by atomic mass is 35.5. The third kappa shape index (κ3) is 6.10. The van der Waals surface area contributed by atoms with Gasteiger partial charge in [0.05, 0.1) is 41.6 Å². The van der Waals surface area contributed by atoms with Crippen LogP contribution in [0.15, 0.2) is 42.5 Å². The van der Waals surface area contributed by atoms with Gasteiger partial charge in [-0.3, -0.25) is 14.5 Å². The minimum atomic E-state index is -0.384. The molecule has 1 aromatic heterocycles. The first-order valence-corrected chi connectivity index (χ1v) is 14.7. The Morgan fingerprint density at radius 1 is 1.15 bits per heavy atom. The van der Waals surface area contributed by atoms with Crippen molar-refractivity contribution in [3.8, 4) is 17.2 Å². The number of thioether (sulfide) groups is 1. The van der Waals surface area contributed by atoms with Crippen LogP contribution in [0, 0.1) is 5.92 Å². The third-order valence-corrected chi connectivity index (χ3v) is 8.17. The number of ether oxygens (including phenoxy) is 2. The maximum atomic E-state index is 13.8. The van der Waals surface area contributed by atoms with Gasteiger partial charge in [-0.2, -0.15) is 5.10 Å². The minimum Gasteiger partial charge on any atom is -0.493 e.